The van der Waals surface area contributed by atoms with Crippen LogP contribution in [0.2, 0.25) is 0 Å². The van der Waals surface area contributed by atoms with Crippen LogP contribution in [0.5, 0.6) is 5.75 Å². The lowest BCUT2D eigenvalue weighted by atomic mass is 10.1. The van der Waals surface area contributed by atoms with E-state index in [1.165, 1.54) is 5.56 Å². The standard InChI is InChI=1S/C17H27NO2/c1-6-15(17(19)18-11-10-12(2)3)20-16-9-7-8-13(4)14(16)5/h7-9,12,15H,6,10-11H2,1-5H3,(H,18,19)/t15-/m1/s1. The lowest BCUT2D eigenvalue weighted by Crippen LogP contribution is -2.38. The number of ether oxygens (including phenoxy) is 1. The first-order chi connectivity index (χ1) is 9.45. The molecule has 20 heavy (non-hydrogen) atoms. The van der Waals surface area contributed by atoms with Gasteiger partial charge in [-0.3, -0.25) is 4.79 Å². The van der Waals surface area contributed by atoms with Gasteiger partial charge >= 0.3 is 0 Å². The molecule has 0 saturated carbocycles. The van der Waals surface area contributed by atoms with Crippen LogP contribution in [0.15, 0.2) is 18.2 Å². The van der Waals surface area contributed by atoms with Gasteiger partial charge in [0.2, 0.25) is 0 Å². The van der Waals surface area contributed by atoms with Crippen molar-refractivity contribution in [3.8, 4) is 5.75 Å². The fourth-order valence-corrected chi connectivity index (χ4v) is 1.93. The molecule has 0 fully saturated rings. The molecule has 0 aliphatic heterocycles. The normalized spacial score (nSPS) is 12.3. The molecule has 1 rings (SSSR count). The van der Waals surface area contributed by atoms with Crippen LogP contribution in [-0.4, -0.2) is 18.6 Å². The van der Waals surface area contributed by atoms with Crippen LogP contribution in [-0.2, 0) is 4.79 Å². The second-order valence-electron chi connectivity index (χ2n) is 5.69. The number of nitrogens with one attached hydrogen (secondary N) is 1. The Morgan fingerprint density at radius 3 is 2.60 bits per heavy atom. The van der Waals surface area contributed by atoms with Crippen LogP contribution in [0.1, 0.15) is 44.7 Å². The highest BCUT2D eigenvalue weighted by molar-refractivity contribution is 5.81. The molecule has 3 nitrogen and oxygen atoms in total. The zero-order valence-corrected chi connectivity index (χ0v) is 13.3. The minimum atomic E-state index is -0.414. The van der Waals surface area contributed by atoms with Crippen molar-refractivity contribution in [1.29, 1.82) is 0 Å². The Hall–Kier alpha value is -1.51. The van der Waals surface area contributed by atoms with E-state index in [-0.39, 0.29) is 5.91 Å². The van der Waals surface area contributed by atoms with Gasteiger partial charge in [0.05, 0.1) is 0 Å². The number of hydrogen-bond acceptors (Lipinski definition) is 2. The number of rotatable bonds is 7. The molecule has 0 bridgehead atoms. The van der Waals surface area contributed by atoms with E-state index in [2.05, 4.69) is 19.2 Å². The van der Waals surface area contributed by atoms with Crippen molar-refractivity contribution in [3.63, 3.8) is 0 Å². The molecule has 0 radical (unpaired) electrons. The lowest BCUT2D eigenvalue weighted by molar-refractivity contribution is -0.128. The van der Waals surface area contributed by atoms with Crippen molar-refractivity contribution in [3.05, 3.63) is 29.3 Å². The summed E-state index contributed by atoms with van der Waals surface area (Å²) in [7, 11) is 0. The van der Waals surface area contributed by atoms with E-state index in [1.807, 2.05) is 39.0 Å². The summed E-state index contributed by atoms with van der Waals surface area (Å²) >= 11 is 0. The Labute approximate surface area is 122 Å². The van der Waals surface area contributed by atoms with Gasteiger partial charge < -0.3 is 10.1 Å². The van der Waals surface area contributed by atoms with Crippen molar-refractivity contribution in [2.24, 2.45) is 5.92 Å². The first-order valence-electron chi connectivity index (χ1n) is 7.46. The fourth-order valence-electron chi connectivity index (χ4n) is 1.93. The molecule has 0 aliphatic rings. The second kappa shape index (κ2) is 7.93. The molecule has 1 N–H and O–H groups in total. The molecular weight excluding hydrogens is 250 g/mol. The first-order valence-corrected chi connectivity index (χ1v) is 7.46. The highest BCUT2D eigenvalue weighted by Crippen LogP contribution is 2.22. The molecule has 3 heteroatoms. The van der Waals surface area contributed by atoms with Crippen molar-refractivity contribution < 1.29 is 9.53 Å². The molecular formula is C17H27NO2. The van der Waals surface area contributed by atoms with Gasteiger partial charge in [-0.1, -0.05) is 32.9 Å². The van der Waals surface area contributed by atoms with Gasteiger partial charge in [-0.2, -0.15) is 0 Å². The molecule has 0 spiro atoms. The molecule has 1 aromatic carbocycles. The van der Waals surface area contributed by atoms with Gasteiger partial charge in [0.15, 0.2) is 6.10 Å². The molecule has 0 aromatic heterocycles. The SMILES string of the molecule is CC[C@@H](Oc1cccc(C)c1C)C(=O)NCCC(C)C. The maximum atomic E-state index is 12.1. The number of benzene rings is 1. The summed E-state index contributed by atoms with van der Waals surface area (Å²) < 4.78 is 5.88. The predicted molar refractivity (Wildman–Crippen MR) is 83.1 cm³/mol. The predicted octanol–water partition coefficient (Wildman–Crippen LogP) is 3.62. The monoisotopic (exact) mass is 277 g/mol. The van der Waals surface area contributed by atoms with E-state index >= 15 is 0 Å². The van der Waals surface area contributed by atoms with E-state index in [9.17, 15) is 4.79 Å². The number of amides is 1. The van der Waals surface area contributed by atoms with Crippen LogP contribution in [0, 0.1) is 19.8 Å². The Morgan fingerprint density at radius 2 is 2.00 bits per heavy atom. The topological polar surface area (TPSA) is 38.3 Å². The fraction of sp³-hybridized carbons (Fsp3) is 0.588. The van der Waals surface area contributed by atoms with Gasteiger partial charge in [0.25, 0.3) is 5.91 Å². The van der Waals surface area contributed by atoms with Crippen LogP contribution < -0.4 is 10.1 Å². The summed E-state index contributed by atoms with van der Waals surface area (Å²) in [5.41, 5.74) is 2.28. The summed E-state index contributed by atoms with van der Waals surface area (Å²) in [6.45, 7) is 11.0. The third kappa shape index (κ3) is 4.87. The summed E-state index contributed by atoms with van der Waals surface area (Å²) in [5, 5.41) is 2.96. The Bertz CT molecular complexity index is 441. The van der Waals surface area contributed by atoms with E-state index in [4.69, 9.17) is 4.74 Å². The van der Waals surface area contributed by atoms with Crippen molar-refractivity contribution in [2.75, 3.05) is 6.54 Å². The molecule has 0 heterocycles. The average Bonchev–Trinajstić information content (AvgIpc) is 2.40. The van der Waals surface area contributed by atoms with Gasteiger partial charge in [-0.05, 0) is 49.8 Å². The molecule has 1 atom stereocenters. The van der Waals surface area contributed by atoms with Crippen molar-refractivity contribution in [1.82, 2.24) is 5.32 Å². The van der Waals surface area contributed by atoms with Gasteiger partial charge in [0, 0.05) is 6.54 Å². The van der Waals surface area contributed by atoms with Crippen LogP contribution in [0.4, 0.5) is 0 Å². The zero-order chi connectivity index (χ0) is 15.1. The van der Waals surface area contributed by atoms with Crippen LogP contribution in [0.25, 0.3) is 0 Å². The molecule has 0 unspecified atom stereocenters. The Balaban J connectivity index is 2.62. The summed E-state index contributed by atoms with van der Waals surface area (Å²) in [6, 6.07) is 5.93. The van der Waals surface area contributed by atoms with Crippen LogP contribution in [0.3, 0.4) is 0 Å². The lowest BCUT2D eigenvalue weighted by Gasteiger charge is -2.19. The van der Waals surface area contributed by atoms with E-state index in [0.717, 1.165) is 17.7 Å². The third-order valence-electron chi connectivity index (χ3n) is 3.51. The maximum absolute atomic E-state index is 12.1. The molecule has 112 valence electrons. The highest BCUT2D eigenvalue weighted by Gasteiger charge is 2.18. The Kier molecular flexibility index (Phi) is 6.56. The number of aryl methyl sites for hydroxylation is 1. The maximum Gasteiger partial charge on any atom is 0.261 e. The van der Waals surface area contributed by atoms with E-state index in [0.29, 0.717) is 18.9 Å². The van der Waals surface area contributed by atoms with Crippen LogP contribution >= 0.6 is 0 Å². The minimum Gasteiger partial charge on any atom is -0.480 e. The number of hydrogen-bond donors (Lipinski definition) is 1. The number of carbonyl (C=O) groups excluding carboxylic acids is 1. The van der Waals surface area contributed by atoms with Crippen molar-refractivity contribution in [2.45, 2.75) is 53.6 Å². The van der Waals surface area contributed by atoms with Gasteiger partial charge in [-0.25, -0.2) is 0 Å². The number of carbonyl (C=O) groups is 1. The largest absolute Gasteiger partial charge is 0.480 e. The zero-order valence-electron chi connectivity index (χ0n) is 13.3. The molecule has 1 amide bonds. The summed E-state index contributed by atoms with van der Waals surface area (Å²) in [6.07, 6.45) is 1.25. The van der Waals surface area contributed by atoms with Crippen molar-refractivity contribution >= 4 is 5.91 Å². The summed E-state index contributed by atoms with van der Waals surface area (Å²) in [5.74, 6) is 1.38. The first kappa shape index (κ1) is 16.5. The minimum absolute atomic E-state index is 0.0194. The third-order valence-corrected chi connectivity index (χ3v) is 3.51. The van der Waals surface area contributed by atoms with E-state index < -0.39 is 6.10 Å². The smallest absolute Gasteiger partial charge is 0.261 e. The second-order valence-corrected chi connectivity index (χ2v) is 5.69. The molecule has 1 aromatic rings. The molecule has 0 aliphatic carbocycles. The highest BCUT2D eigenvalue weighted by atomic mass is 16.5. The molecule has 0 saturated heterocycles. The summed E-state index contributed by atoms with van der Waals surface area (Å²) in [4.78, 5) is 12.1. The quantitative estimate of drug-likeness (QED) is 0.826. The van der Waals surface area contributed by atoms with Gasteiger partial charge in [-0.15, -0.1) is 0 Å². The van der Waals surface area contributed by atoms with E-state index in [1.54, 1.807) is 0 Å². The van der Waals surface area contributed by atoms with Gasteiger partial charge in [0.1, 0.15) is 5.75 Å². The Morgan fingerprint density at radius 1 is 1.30 bits per heavy atom. The average molecular weight is 277 g/mol.